The standard InChI is InChI=1S/C34H45N3O6/c1-32-13-11-22(16-21(32)9-10-24-25-12-14-34(3,41)33(25,2)17-28(38)30(24)32)37-43-19-29(39)36-27(31(40)42-4)15-20-18-35-26-8-6-5-7-23(20)26/h5-8,16,18,24-25,27-28,30,35,38,41H,9-15,17,19H2,1-4H3,(H,36,39)/b37-22-/t24-,25-,27-,28-,30+,32-,33-,34-/m0/s1. The number of carbonyl (C=O) groups is 2. The molecule has 4 N–H and O–H groups in total. The number of esters is 1. The average Bonchev–Trinajstić information content (AvgIpc) is 3.48. The highest BCUT2D eigenvalue weighted by Crippen LogP contribution is 2.67. The van der Waals surface area contributed by atoms with E-state index in [4.69, 9.17) is 9.57 Å². The Kier molecular flexibility index (Phi) is 7.70. The van der Waals surface area contributed by atoms with Gasteiger partial charge in [-0.3, -0.25) is 4.79 Å². The third kappa shape index (κ3) is 5.08. The minimum absolute atomic E-state index is 0.120. The monoisotopic (exact) mass is 591 g/mol. The summed E-state index contributed by atoms with van der Waals surface area (Å²) < 4.78 is 4.95. The summed E-state index contributed by atoms with van der Waals surface area (Å²) in [5.41, 5.74) is 2.85. The first kappa shape index (κ1) is 29.9. The molecule has 9 nitrogen and oxygen atoms in total. The Labute approximate surface area is 253 Å². The highest BCUT2D eigenvalue weighted by molar-refractivity contribution is 5.96. The van der Waals surface area contributed by atoms with Gasteiger partial charge in [0.15, 0.2) is 6.61 Å². The van der Waals surface area contributed by atoms with Crippen LogP contribution in [-0.2, 0) is 25.6 Å². The number of benzene rings is 1. The lowest BCUT2D eigenvalue weighted by Crippen LogP contribution is -2.59. The minimum atomic E-state index is -0.854. The molecule has 43 heavy (non-hydrogen) atoms. The van der Waals surface area contributed by atoms with Gasteiger partial charge in [-0.25, -0.2) is 4.79 Å². The molecule has 0 saturated heterocycles. The smallest absolute Gasteiger partial charge is 0.328 e. The van der Waals surface area contributed by atoms with Gasteiger partial charge in [0.2, 0.25) is 0 Å². The predicted molar refractivity (Wildman–Crippen MR) is 163 cm³/mol. The number of H-pyrrole nitrogens is 1. The first-order valence-corrected chi connectivity index (χ1v) is 15.7. The third-order valence-corrected chi connectivity index (χ3v) is 11.8. The van der Waals surface area contributed by atoms with E-state index in [9.17, 15) is 19.8 Å². The van der Waals surface area contributed by atoms with Gasteiger partial charge in [0.1, 0.15) is 6.04 Å². The van der Waals surface area contributed by atoms with Crippen molar-refractivity contribution in [3.05, 3.63) is 47.7 Å². The number of allylic oxidation sites excluding steroid dienone is 2. The summed E-state index contributed by atoms with van der Waals surface area (Å²) in [5, 5.41) is 30.7. The summed E-state index contributed by atoms with van der Waals surface area (Å²) in [5.74, 6) is 0.0175. The molecule has 2 aromatic rings. The quantitative estimate of drug-likeness (QED) is 0.278. The van der Waals surface area contributed by atoms with Crippen molar-refractivity contribution in [3.8, 4) is 0 Å². The van der Waals surface area contributed by atoms with E-state index in [1.165, 1.54) is 12.7 Å². The molecule has 9 heteroatoms. The van der Waals surface area contributed by atoms with Crippen molar-refractivity contribution in [3.63, 3.8) is 0 Å². The summed E-state index contributed by atoms with van der Waals surface area (Å²) in [6.07, 6.45) is 9.75. The highest BCUT2D eigenvalue weighted by atomic mass is 16.6. The molecular formula is C34H45N3O6. The van der Waals surface area contributed by atoms with Crippen LogP contribution in [0, 0.1) is 28.6 Å². The maximum Gasteiger partial charge on any atom is 0.328 e. The Morgan fingerprint density at radius 1 is 1.16 bits per heavy atom. The number of aromatic amines is 1. The van der Waals surface area contributed by atoms with Crippen LogP contribution in [0.5, 0.6) is 0 Å². The predicted octanol–water partition coefficient (Wildman–Crippen LogP) is 4.43. The SMILES string of the molecule is COC(=O)[C@H](Cc1c[nH]c2ccccc12)NC(=O)CO/N=C1\C=C2CC[C@@H]3[C@H]([C@@H](O)C[C@@]4(C)[C@H]3CC[C@]4(C)O)[C@@]2(C)CC1. The number of aromatic nitrogens is 1. The number of carbonyl (C=O) groups excluding carboxylic acids is 2. The van der Waals surface area contributed by atoms with Crippen LogP contribution >= 0.6 is 0 Å². The molecule has 1 amide bonds. The largest absolute Gasteiger partial charge is 0.467 e. The number of nitrogens with one attached hydrogen (secondary N) is 2. The number of hydrogen-bond donors (Lipinski definition) is 4. The molecule has 0 aliphatic heterocycles. The lowest BCUT2D eigenvalue weighted by atomic mass is 9.45. The maximum absolute atomic E-state index is 12.8. The molecule has 0 radical (unpaired) electrons. The summed E-state index contributed by atoms with van der Waals surface area (Å²) in [4.78, 5) is 33.9. The topological polar surface area (TPSA) is 133 Å². The van der Waals surface area contributed by atoms with Crippen molar-refractivity contribution < 1.29 is 29.4 Å². The molecule has 6 rings (SSSR count). The molecule has 0 unspecified atom stereocenters. The number of fused-ring (bicyclic) bond motifs is 6. The van der Waals surface area contributed by atoms with Crippen molar-refractivity contribution in [2.75, 3.05) is 13.7 Å². The number of aliphatic hydroxyl groups excluding tert-OH is 1. The molecule has 232 valence electrons. The number of para-hydroxylation sites is 1. The van der Waals surface area contributed by atoms with E-state index >= 15 is 0 Å². The molecular weight excluding hydrogens is 546 g/mol. The number of rotatable bonds is 7. The Balaban J connectivity index is 1.09. The van der Waals surface area contributed by atoms with Crippen LogP contribution in [0.3, 0.4) is 0 Å². The lowest BCUT2D eigenvalue weighted by molar-refractivity contribution is -0.164. The highest BCUT2D eigenvalue weighted by Gasteiger charge is 2.64. The van der Waals surface area contributed by atoms with Crippen LogP contribution in [-0.4, -0.2) is 64.2 Å². The second kappa shape index (κ2) is 11.1. The summed E-state index contributed by atoms with van der Waals surface area (Å²) in [6, 6.07) is 6.94. The molecule has 3 saturated carbocycles. The van der Waals surface area contributed by atoms with Crippen molar-refractivity contribution in [1.82, 2.24) is 10.3 Å². The Hall–Kier alpha value is -3.17. The van der Waals surface area contributed by atoms with Gasteiger partial charge in [0.25, 0.3) is 5.91 Å². The van der Waals surface area contributed by atoms with Crippen molar-refractivity contribution in [1.29, 1.82) is 0 Å². The zero-order valence-electron chi connectivity index (χ0n) is 25.7. The van der Waals surface area contributed by atoms with Crippen LogP contribution in [0.1, 0.15) is 71.3 Å². The van der Waals surface area contributed by atoms with Crippen LogP contribution in [0.25, 0.3) is 10.9 Å². The first-order valence-electron chi connectivity index (χ1n) is 15.7. The van der Waals surface area contributed by atoms with Crippen LogP contribution in [0.15, 0.2) is 47.3 Å². The van der Waals surface area contributed by atoms with Gasteiger partial charge in [-0.1, -0.05) is 42.8 Å². The van der Waals surface area contributed by atoms with Crippen LogP contribution in [0.4, 0.5) is 0 Å². The first-order chi connectivity index (χ1) is 20.5. The number of nitrogens with zero attached hydrogens (tertiary/aromatic N) is 1. The van der Waals surface area contributed by atoms with E-state index < -0.39 is 29.6 Å². The fourth-order valence-corrected chi connectivity index (χ4v) is 9.26. The van der Waals surface area contributed by atoms with Gasteiger partial charge in [-0.2, -0.15) is 0 Å². The van der Waals surface area contributed by atoms with E-state index in [-0.39, 0.29) is 29.8 Å². The fraction of sp³-hybridized carbons (Fsp3) is 0.618. The Morgan fingerprint density at radius 2 is 1.95 bits per heavy atom. The van der Waals surface area contributed by atoms with E-state index in [0.717, 1.165) is 54.3 Å². The number of amides is 1. The molecule has 4 aliphatic rings. The van der Waals surface area contributed by atoms with Crippen LogP contribution in [0.2, 0.25) is 0 Å². The second-order valence-corrected chi connectivity index (χ2v) is 14.0. The van der Waals surface area contributed by atoms with E-state index in [0.29, 0.717) is 24.7 Å². The number of oxime groups is 1. The molecule has 1 aromatic carbocycles. The van der Waals surface area contributed by atoms with Crippen molar-refractivity contribution in [2.45, 2.75) is 89.9 Å². The summed E-state index contributed by atoms with van der Waals surface area (Å²) in [7, 11) is 1.30. The molecule has 0 bridgehead atoms. The van der Waals surface area contributed by atoms with Gasteiger partial charge in [0.05, 0.1) is 24.5 Å². The second-order valence-electron chi connectivity index (χ2n) is 14.0. The molecule has 1 heterocycles. The Bertz CT molecular complexity index is 1460. The summed E-state index contributed by atoms with van der Waals surface area (Å²) in [6.45, 7) is 6.13. The Morgan fingerprint density at radius 3 is 2.74 bits per heavy atom. The lowest BCUT2D eigenvalue weighted by Gasteiger charge is -2.60. The molecule has 3 fully saturated rings. The number of ether oxygens (including phenoxy) is 1. The minimum Gasteiger partial charge on any atom is -0.467 e. The number of methoxy groups -OCH3 is 1. The van der Waals surface area contributed by atoms with Crippen molar-refractivity contribution >= 4 is 28.5 Å². The normalized spacial score (nSPS) is 36.7. The molecule has 0 spiro atoms. The van der Waals surface area contributed by atoms with Gasteiger partial charge in [0, 0.05) is 28.9 Å². The molecule has 8 atom stereocenters. The summed E-state index contributed by atoms with van der Waals surface area (Å²) >= 11 is 0. The average molecular weight is 592 g/mol. The van der Waals surface area contributed by atoms with Gasteiger partial charge in [-0.15, -0.1) is 0 Å². The van der Waals surface area contributed by atoms with Crippen molar-refractivity contribution in [2.24, 2.45) is 33.7 Å². The molecule has 1 aromatic heterocycles. The third-order valence-electron chi connectivity index (χ3n) is 11.8. The van der Waals surface area contributed by atoms with E-state index in [2.05, 4.69) is 35.4 Å². The number of hydrogen-bond acceptors (Lipinski definition) is 7. The zero-order chi connectivity index (χ0) is 30.6. The van der Waals surface area contributed by atoms with E-state index in [1.54, 1.807) is 0 Å². The molecule has 4 aliphatic carbocycles. The zero-order valence-corrected chi connectivity index (χ0v) is 25.7. The van der Waals surface area contributed by atoms with Gasteiger partial charge >= 0.3 is 5.97 Å². The fourth-order valence-electron chi connectivity index (χ4n) is 9.26. The van der Waals surface area contributed by atoms with Crippen LogP contribution < -0.4 is 5.32 Å². The van der Waals surface area contributed by atoms with Gasteiger partial charge < -0.3 is 30.1 Å². The maximum atomic E-state index is 12.8. The number of aliphatic hydroxyl groups is 2. The van der Waals surface area contributed by atoms with E-state index in [1.807, 2.05) is 37.4 Å². The van der Waals surface area contributed by atoms with Gasteiger partial charge in [-0.05, 0) is 92.7 Å².